The lowest BCUT2D eigenvalue weighted by Gasteiger charge is -2.09. The summed E-state index contributed by atoms with van der Waals surface area (Å²) in [4.78, 5) is 0. The van der Waals surface area contributed by atoms with E-state index in [1.54, 1.807) is 10.9 Å². The number of aromatic nitrogens is 2. The molecule has 0 aliphatic rings. The van der Waals surface area contributed by atoms with Gasteiger partial charge >= 0.3 is 0 Å². The Labute approximate surface area is 95.3 Å². The minimum Gasteiger partial charge on any atom is -0.384 e. The van der Waals surface area contributed by atoms with Gasteiger partial charge in [0.05, 0.1) is 6.20 Å². The molecule has 0 spiro atoms. The summed E-state index contributed by atoms with van der Waals surface area (Å²) in [5.74, 6) is 0. The molecule has 1 heterocycles. The van der Waals surface area contributed by atoms with Gasteiger partial charge in [-0.3, -0.25) is 4.68 Å². The number of aliphatic hydroxyl groups is 1. The summed E-state index contributed by atoms with van der Waals surface area (Å²) in [6.07, 6.45) is 3.93. The average Bonchev–Trinajstić information content (AvgIpc) is 2.75. The highest BCUT2D eigenvalue weighted by molar-refractivity contribution is 5.30. The Morgan fingerprint density at radius 3 is 2.81 bits per heavy atom. The summed E-state index contributed by atoms with van der Waals surface area (Å²) < 4.78 is 1.70. The lowest BCUT2D eigenvalue weighted by Crippen LogP contribution is -1.99. The van der Waals surface area contributed by atoms with Gasteiger partial charge in [-0.15, -0.1) is 0 Å². The van der Waals surface area contributed by atoms with Crippen molar-refractivity contribution >= 4 is 0 Å². The summed E-state index contributed by atoms with van der Waals surface area (Å²) in [5, 5.41) is 14.2. The van der Waals surface area contributed by atoms with Crippen LogP contribution in [0.3, 0.4) is 0 Å². The second kappa shape index (κ2) is 4.49. The molecular formula is C13H16N2O. The highest BCUT2D eigenvalue weighted by atomic mass is 16.3. The van der Waals surface area contributed by atoms with Crippen LogP contribution in [0.25, 0.3) is 0 Å². The molecule has 1 aromatic carbocycles. The molecule has 0 aliphatic carbocycles. The van der Waals surface area contributed by atoms with Crippen LogP contribution in [0.5, 0.6) is 0 Å². The number of aliphatic hydroxyl groups excluding tert-OH is 1. The Kier molecular flexibility index (Phi) is 3.06. The first-order valence-corrected chi connectivity index (χ1v) is 5.46. The van der Waals surface area contributed by atoms with E-state index in [0.717, 1.165) is 17.5 Å². The molecule has 3 nitrogen and oxygen atoms in total. The Balaban J connectivity index is 2.29. The predicted molar refractivity (Wildman–Crippen MR) is 63.1 cm³/mol. The van der Waals surface area contributed by atoms with Crippen LogP contribution in [0.2, 0.25) is 0 Å². The van der Waals surface area contributed by atoms with Gasteiger partial charge in [0, 0.05) is 18.8 Å². The fourth-order valence-corrected chi connectivity index (χ4v) is 1.76. The Bertz CT molecular complexity index is 476. The number of hydrogen-bond donors (Lipinski definition) is 1. The number of nitrogens with zero attached hydrogens (tertiary/aromatic N) is 2. The molecule has 1 N–H and O–H groups in total. The number of rotatable bonds is 3. The Morgan fingerprint density at radius 2 is 2.19 bits per heavy atom. The van der Waals surface area contributed by atoms with Crippen molar-refractivity contribution in [2.45, 2.75) is 19.4 Å². The van der Waals surface area contributed by atoms with E-state index in [1.165, 1.54) is 5.56 Å². The van der Waals surface area contributed by atoms with Crippen molar-refractivity contribution in [3.63, 3.8) is 0 Å². The first-order valence-electron chi connectivity index (χ1n) is 5.46. The normalized spacial score (nSPS) is 12.7. The van der Waals surface area contributed by atoms with Gasteiger partial charge in [-0.1, -0.05) is 31.2 Å². The molecule has 2 aromatic rings. The highest BCUT2D eigenvalue weighted by Crippen LogP contribution is 2.22. The molecule has 1 unspecified atom stereocenters. The molecule has 0 amide bonds. The van der Waals surface area contributed by atoms with Crippen molar-refractivity contribution in [3.05, 3.63) is 53.3 Å². The molecule has 0 radical (unpaired) electrons. The molecule has 84 valence electrons. The number of benzene rings is 1. The number of hydrogen-bond acceptors (Lipinski definition) is 2. The number of aryl methyl sites for hydroxylation is 2. The second-order valence-corrected chi connectivity index (χ2v) is 3.95. The van der Waals surface area contributed by atoms with E-state index in [-0.39, 0.29) is 0 Å². The SMILES string of the molecule is CCc1cccc(C(O)c2cnn(C)c2)c1. The zero-order valence-corrected chi connectivity index (χ0v) is 9.59. The molecule has 0 saturated heterocycles. The minimum atomic E-state index is -0.583. The summed E-state index contributed by atoms with van der Waals surface area (Å²) in [6.45, 7) is 2.11. The highest BCUT2D eigenvalue weighted by Gasteiger charge is 2.12. The standard InChI is InChI=1S/C13H16N2O/c1-3-10-5-4-6-11(7-10)13(16)12-8-14-15(2)9-12/h4-9,13,16H,3H2,1-2H3. The first-order chi connectivity index (χ1) is 7.70. The molecule has 0 saturated carbocycles. The van der Waals surface area contributed by atoms with Crippen molar-refractivity contribution < 1.29 is 5.11 Å². The molecule has 2 rings (SSSR count). The molecule has 0 bridgehead atoms. The smallest absolute Gasteiger partial charge is 0.107 e. The van der Waals surface area contributed by atoms with Gasteiger partial charge in [-0.05, 0) is 17.5 Å². The summed E-state index contributed by atoms with van der Waals surface area (Å²) >= 11 is 0. The quantitative estimate of drug-likeness (QED) is 0.852. The maximum Gasteiger partial charge on any atom is 0.107 e. The van der Waals surface area contributed by atoms with Crippen molar-refractivity contribution in [1.29, 1.82) is 0 Å². The summed E-state index contributed by atoms with van der Waals surface area (Å²) in [7, 11) is 1.85. The van der Waals surface area contributed by atoms with Gasteiger partial charge < -0.3 is 5.11 Å². The maximum absolute atomic E-state index is 10.2. The zero-order valence-electron chi connectivity index (χ0n) is 9.59. The fraction of sp³-hybridized carbons (Fsp3) is 0.308. The molecule has 1 atom stereocenters. The molecule has 0 aliphatic heterocycles. The monoisotopic (exact) mass is 216 g/mol. The lowest BCUT2D eigenvalue weighted by molar-refractivity contribution is 0.220. The van der Waals surface area contributed by atoms with Crippen molar-refractivity contribution in [1.82, 2.24) is 9.78 Å². The minimum absolute atomic E-state index is 0.583. The molecule has 16 heavy (non-hydrogen) atoms. The third kappa shape index (κ3) is 2.14. The average molecular weight is 216 g/mol. The molecule has 0 fully saturated rings. The Hall–Kier alpha value is -1.61. The Morgan fingerprint density at radius 1 is 1.38 bits per heavy atom. The van der Waals surface area contributed by atoms with Crippen LogP contribution < -0.4 is 0 Å². The molecule has 1 aromatic heterocycles. The van der Waals surface area contributed by atoms with E-state index in [4.69, 9.17) is 0 Å². The third-order valence-corrected chi connectivity index (χ3v) is 2.72. The molecular weight excluding hydrogens is 200 g/mol. The topological polar surface area (TPSA) is 38.1 Å². The van der Waals surface area contributed by atoms with Crippen LogP contribution in [0.1, 0.15) is 29.7 Å². The van der Waals surface area contributed by atoms with Gasteiger partial charge in [0.15, 0.2) is 0 Å². The second-order valence-electron chi connectivity index (χ2n) is 3.95. The van der Waals surface area contributed by atoms with E-state index in [2.05, 4.69) is 18.1 Å². The van der Waals surface area contributed by atoms with Crippen molar-refractivity contribution in [2.75, 3.05) is 0 Å². The van der Waals surface area contributed by atoms with Gasteiger partial charge in [0.2, 0.25) is 0 Å². The van der Waals surface area contributed by atoms with E-state index in [0.29, 0.717) is 0 Å². The molecule has 3 heteroatoms. The largest absolute Gasteiger partial charge is 0.384 e. The van der Waals surface area contributed by atoms with E-state index < -0.39 is 6.10 Å². The van der Waals surface area contributed by atoms with Gasteiger partial charge in [0.1, 0.15) is 6.10 Å². The first kappa shape index (κ1) is 10.9. The van der Waals surface area contributed by atoms with E-state index in [9.17, 15) is 5.11 Å². The van der Waals surface area contributed by atoms with Crippen LogP contribution >= 0.6 is 0 Å². The van der Waals surface area contributed by atoms with Crippen LogP contribution in [0.15, 0.2) is 36.7 Å². The van der Waals surface area contributed by atoms with Gasteiger partial charge in [0.25, 0.3) is 0 Å². The lowest BCUT2D eigenvalue weighted by atomic mass is 10.0. The third-order valence-electron chi connectivity index (χ3n) is 2.72. The predicted octanol–water partition coefficient (Wildman–Crippen LogP) is 2.06. The van der Waals surface area contributed by atoms with Crippen molar-refractivity contribution in [3.8, 4) is 0 Å². The van der Waals surface area contributed by atoms with E-state index >= 15 is 0 Å². The fourth-order valence-electron chi connectivity index (χ4n) is 1.76. The van der Waals surface area contributed by atoms with E-state index in [1.807, 2.05) is 31.4 Å². The zero-order chi connectivity index (χ0) is 11.5. The van der Waals surface area contributed by atoms with Crippen LogP contribution in [-0.2, 0) is 13.5 Å². The van der Waals surface area contributed by atoms with Crippen LogP contribution in [-0.4, -0.2) is 14.9 Å². The summed E-state index contributed by atoms with van der Waals surface area (Å²) in [5.41, 5.74) is 2.99. The van der Waals surface area contributed by atoms with Gasteiger partial charge in [-0.25, -0.2) is 0 Å². The van der Waals surface area contributed by atoms with Crippen LogP contribution in [0.4, 0.5) is 0 Å². The maximum atomic E-state index is 10.2. The van der Waals surface area contributed by atoms with Crippen molar-refractivity contribution in [2.24, 2.45) is 7.05 Å². The van der Waals surface area contributed by atoms with Crippen LogP contribution in [0, 0.1) is 0 Å². The van der Waals surface area contributed by atoms with Gasteiger partial charge in [-0.2, -0.15) is 5.10 Å². The summed E-state index contributed by atoms with van der Waals surface area (Å²) in [6, 6.07) is 8.03.